The van der Waals surface area contributed by atoms with E-state index in [0.717, 1.165) is 61.0 Å². The molecule has 8 nitrogen and oxygen atoms in total. The fraction of sp³-hybridized carbons (Fsp3) is 0.524. The van der Waals surface area contributed by atoms with Crippen LogP contribution in [0.2, 0.25) is 0 Å². The molecule has 1 aliphatic carbocycles. The van der Waals surface area contributed by atoms with Crippen LogP contribution in [-0.4, -0.2) is 29.1 Å². The average Bonchev–Trinajstić information content (AvgIpc) is 3.37. The molecule has 2 aromatic heterocycles. The summed E-state index contributed by atoms with van der Waals surface area (Å²) in [6.45, 7) is 4.26. The second-order valence-electron chi connectivity index (χ2n) is 8.61. The highest BCUT2D eigenvalue weighted by Crippen LogP contribution is 2.30. The second-order valence-corrected chi connectivity index (χ2v) is 10.4. The van der Waals surface area contributed by atoms with Gasteiger partial charge in [0.2, 0.25) is 10.0 Å². The summed E-state index contributed by atoms with van der Waals surface area (Å²) in [7, 11) is -3.46. The van der Waals surface area contributed by atoms with Crippen molar-refractivity contribution in [1.82, 2.24) is 20.3 Å². The number of fused-ring (bicyclic) bond motifs is 2. The third-order valence-corrected chi connectivity index (χ3v) is 7.55. The first kappa shape index (κ1) is 19.6. The van der Waals surface area contributed by atoms with E-state index in [0.29, 0.717) is 12.1 Å². The van der Waals surface area contributed by atoms with Gasteiger partial charge in [0.15, 0.2) is 11.4 Å². The van der Waals surface area contributed by atoms with Crippen LogP contribution in [0.25, 0.3) is 11.0 Å². The van der Waals surface area contributed by atoms with Crippen molar-refractivity contribution in [1.29, 1.82) is 0 Å². The Morgan fingerprint density at radius 1 is 1.23 bits per heavy atom. The van der Waals surface area contributed by atoms with Crippen LogP contribution in [0.4, 0.5) is 5.82 Å². The summed E-state index contributed by atoms with van der Waals surface area (Å²) in [6.07, 6.45) is 7.47. The fourth-order valence-corrected chi connectivity index (χ4v) is 6.21. The lowest BCUT2D eigenvalue weighted by Crippen LogP contribution is -2.24. The van der Waals surface area contributed by atoms with E-state index in [4.69, 9.17) is 4.52 Å². The molecule has 1 saturated carbocycles. The zero-order chi connectivity index (χ0) is 20.7. The van der Waals surface area contributed by atoms with Gasteiger partial charge in [-0.15, -0.1) is 0 Å². The first-order valence-corrected chi connectivity index (χ1v) is 12.3. The fourth-order valence-electron chi connectivity index (χ4n) is 4.74. The van der Waals surface area contributed by atoms with Crippen molar-refractivity contribution < 1.29 is 12.9 Å². The molecule has 1 aliphatic heterocycles. The van der Waals surface area contributed by atoms with Gasteiger partial charge in [0.1, 0.15) is 0 Å². The van der Waals surface area contributed by atoms with Gasteiger partial charge in [-0.1, -0.05) is 30.5 Å². The van der Waals surface area contributed by atoms with Crippen molar-refractivity contribution in [3.8, 4) is 0 Å². The minimum atomic E-state index is -3.46. The molecule has 0 bridgehead atoms. The topological polar surface area (TPSA) is 102 Å². The summed E-state index contributed by atoms with van der Waals surface area (Å²) in [6, 6.07) is 3.96. The molecule has 3 aromatic rings. The quantitative estimate of drug-likeness (QED) is 0.623. The van der Waals surface area contributed by atoms with Crippen molar-refractivity contribution in [2.75, 3.05) is 10.5 Å². The Balaban J connectivity index is 1.35. The van der Waals surface area contributed by atoms with Gasteiger partial charge < -0.3 is 9.84 Å². The van der Waals surface area contributed by atoms with E-state index in [1.807, 2.05) is 23.7 Å². The van der Waals surface area contributed by atoms with Crippen LogP contribution in [0.1, 0.15) is 54.5 Å². The molecule has 0 atom stereocenters. The number of anilines is 1. The van der Waals surface area contributed by atoms with E-state index in [-0.39, 0.29) is 17.5 Å². The molecule has 0 saturated heterocycles. The highest BCUT2D eigenvalue weighted by Gasteiger charge is 2.24. The van der Waals surface area contributed by atoms with Crippen molar-refractivity contribution in [3.63, 3.8) is 0 Å². The van der Waals surface area contributed by atoms with Crippen molar-refractivity contribution in [2.45, 2.75) is 58.7 Å². The Labute approximate surface area is 176 Å². The molecule has 1 aromatic carbocycles. The van der Waals surface area contributed by atoms with E-state index in [1.165, 1.54) is 12.0 Å². The zero-order valence-corrected chi connectivity index (χ0v) is 18.0. The Bertz CT molecular complexity index is 1150. The minimum absolute atomic E-state index is 0.150. The van der Waals surface area contributed by atoms with Gasteiger partial charge in [-0.25, -0.2) is 8.42 Å². The standard InChI is InChI=1S/C21H27N5O3S/c1-14-7-16(11-26-12-17-9-22-10-18(17)23-26)8-19-20(14)21(24-29-19)25-30(27,28)13-15-5-3-2-4-6-15/h7-8,12,15,22H,2-6,9-11,13H2,1H3,(H,24,25). The highest BCUT2D eigenvalue weighted by atomic mass is 32.2. The Morgan fingerprint density at radius 2 is 2.07 bits per heavy atom. The summed E-state index contributed by atoms with van der Waals surface area (Å²) >= 11 is 0. The first-order valence-electron chi connectivity index (χ1n) is 10.6. The predicted molar refractivity (Wildman–Crippen MR) is 115 cm³/mol. The van der Waals surface area contributed by atoms with Gasteiger partial charge in [0.25, 0.3) is 0 Å². The number of aromatic nitrogens is 3. The largest absolute Gasteiger partial charge is 0.354 e. The van der Waals surface area contributed by atoms with Crippen molar-refractivity contribution in [2.24, 2.45) is 5.92 Å². The number of nitrogens with zero attached hydrogens (tertiary/aromatic N) is 3. The summed E-state index contributed by atoms with van der Waals surface area (Å²) in [5, 5.41) is 12.7. The summed E-state index contributed by atoms with van der Waals surface area (Å²) < 4.78 is 35.5. The lowest BCUT2D eigenvalue weighted by atomic mass is 9.91. The minimum Gasteiger partial charge on any atom is -0.354 e. The second kappa shape index (κ2) is 7.70. The Morgan fingerprint density at radius 3 is 2.87 bits per heavy atom. The number of hydrogen-bond donors (Lipinski definition) is 2. The van der Waals surface area contributed by atoms with Crippen LogP contribution in [0.3, 0.4) is 0 Å². The van der Waals surface area contributed by atoms with Crippen molar-refractivity contribution >= 4 is 26.8 Å². The average molecular weight is 430 g/mol. The summed E-state index contributed by atoms with van der Waals surface area (Å²) in [5.74, 6) is 0.666. The summed E-state index contributed by atoms with van der Waals surface area (Å²) in [5.41, 5.74) is 4.90. The maximum atomic E-state index is 12.7. The first-order chi connectivity index (χ1) is 14.5. The number of aryl methyl sites for hydroxylation is 1. The molecule has 30 heavy (non-hydrogen) atoms. The number of benzene rings is 1. The number of sulfonamides is 1. The van der Waals surface area contributed by atoms with E-state index in [2.05, 4.69) is 26.5 Å². The van der Waals surface area contributed by atoms with Gasteiger partial charge in [0.05, 0.1) is 23.4 Å². The maximum Gasteiger partial charge on any atom is 0.234 e. The van der Waals surface area contributed by atoms with Crippen LogP contribution in [0, 0.1) is 12.8 Å². The SMILES string of the molecule is Cc1cc(Cn2cc3c(n2)CNC3)cc2onc(NS(=O)(=O)CC3CCCCC3)c12. The van der Waals surface area contributed by atoms with Gasteiger partial charge in [-0.3, -0.25) is 9.40 Å². The highest BCUT2D eigenvalue weighted by molar-refractivity contribution is 7.92. The maximum absolute atomic E-state index is 12.7. The molecule has 0 spiro atoms. The van der Waals surface area contributed by atoms with Crippen LogP contribution in [0.15, 0.2) is 22.9 Å². The summed E-state index contributed by atoms with van der Waals surface area (Å²) in [4.78, 5) is 0. The Hall–Kier alpha value is -2.39. The third kappa shape index (κ3) is 3.96. The molecular weight excluding hydrogens is 402 g/mol. The normalized spacial score (nSPS) is 17.5. The molecule has 160 valence electrons. The lowest BCUT2D eigenvalue weighted by Gasteiger charge is -2.21. The number of hydrogen-bond acceptors (Lipinski definition) is 6. The van der Waals surface area contributed by atoms with Crippen LogP contribution < -0.4 is 10.0 Å². The monoisotopic (exact) mass is 429 g/mol. The molecule has 3 heterocycles. The van der Waals surface area contributed by atoms with Crippen molar-refractivity contribution in [3.05, 3.63) is 40.7 Å². The van der Waals surface area contributed by atoms with E-state index in [9.17, 15) is 8.42 Å². The lowest BCUT2D eigenvalue weighted by molar-refractivity contribution is 0.385. The molecule has 2 N–H and O–H groups in total. The van der Waals surface area contributed by atoms with E-state index >= 15 is 0 Å². The van der Waals surface area contributed by atoms with Gasteiger partial charge in [-0.2, -0.15) is 5.10 Å². The smallest absolute Gasteiger partial charge is 0.234 e. The van der Waals surface area contributed by atoms with E-state index < -0.39 is 10.0 Å². The molecule has 0 radical (unpaired) electrons. The number of rotatable bonds is 6. The molecular formula is C21H27N5O3S. The predicted octanol–water partition coefficient (Wildman–Crippen LogP) is 3.31. The third-order valence-electron chi connectivity index (χ3n) is 6.14. The molecule has 1 fully saturated rings. The van der Waals surface area contributed by atoms with Gasteiger partial charge in [0, 0.05) is 24.8 Å². The zero-order valence-electron chi connectivity index (χ0n) is 17.1. The van der Waals surface area contributed by atoms with Gasteiger partial charge >= 0.3 is 0 Å². The molecule has 2 aliphatic rings. The molecule has 0 unspecified atom stereocenters. The Kier molecular flexibility index (Phi) is 5.02. The van der Waals surface area contributed by atoms with Gasteiger partial charge in [-0.05, 0) is 42.9 Å². The van der Waals surface area contributed by atoms with E-state index in [1.54, 1.807) is 0 Å². The van der Waals surface area contributed by atoms with Crippen LogP contribution >= 0.6 is 0 Å². The van der Waals surface area contributed by atoms with Crippen LogP contribution in [0.5, 0.6) is 0 Å². The molecule has 9 heteroatoms. The molecule has 5 rings (SSSR count). The number of nitrogens with one attached hydrogen (secondary N) is 2. The van der Waals surface area contributed by atoms with Crippen LogP contribution in [-0.2, 0) is 29.7 Å². The molecule has 0 amide bonds.